The van der Waals surface area contributed by atoms with Crippen molar-refractivity contribution in [2.45, 2.75) is 39.2 Å². The molecular formula is C27H26N2O5. The van der Waals surface area contributed by atoms with E-state index in [4.69, 9.17) is 14.0 Å². The summed E-state index contributed by atoms with van der Waals surface area (Å²) in [5.41, 5.74) is 3.23. The van der Waals surface area contributed by atoms with Gasteiger partial charge < -0.3 is 14.0 Å². The smallest absolute Gasteiger partial charge is 0.412 e. The number of nitrogens with zero attached hydrogens (tertiary/aromatic N) is 1. The first kappa shape index (κ1) is 23.1. The molecular weight excluding hydrogens is 432 g/mol. The van der Waals surface area contributed by atoms with Crippen molar-refractivity contribution in [3.63, 3.8) is 0 Å². The van der Waals surface area contributed by atoms with Crippen LogP contribution < -0.4 is 5.32 Å². The van der Waals surface area contributed by atoms with Gasteiger partial charge in [-0.25, -0.2) is 4.79 Å². The zero-order chi connectivity index (χ0) is 24.1. The Kier molecular flexibility index (Phi) is 6.69. The van der Waals surface area contributed by atoms with Gasteiger partial charge in [0.25, 0.3) is 0 Å². The van der Waals surface area contributed by atoms with Gasteiger partial charge in [-0.3, -0.25) is 10.1 Å². The van der Waals surface area contributed by atoms with Crippen LogP contribution in [0.15, 0.2) is 59.1 Å². The second-order valence-electron chi connectivity index (χ2n) is 8.45. The Bertz CT molecular complexity index is 1230. The minimum Gasteiger partial charge on any atom is -0.469 e. The van der Waals surface area contributed by atoms with Crippen LogP contribution in [0, 0.1) is 24.2 Å². The number of hydrogen-bond donors (Lipinski definition) is 1. The molecule has 2 aromatic carbocycles. The Morgan fingerprint density at radius 1 is 1.12 bits per heavy atom. The summed E-state index contributed by atoms with van der Waals surface area (Å²) in [6.07, 6.45) is 1.34. The standard InChI is InChI=1S/C27H26N2O5/c1-18-24(28-26(31)33-19(2)22-7-5-4-6-8-22)23(34-29-18)14-13-20-9-11-21(12-10-20)17-27(15-16-27)25(30)32-3/h4-12,19H,15-17H2,1-3H3,(H,28,31). The summed E-state index contributed by atoms with van der Waals surface area (Å²) in [5, 5.41) is 6.60. The molecule has 0 aliphatic heterocycles. The lowest BCUT2D eigenvalue weighted by molar-refractivity contribution is -0.147. The molecule has 1 aliphatic carbocycles. The summed E-state index contributed by atoms with van der Waals surface area (Å²) in [6, 6.07) is 17.2. The molecule has 1 aromatic heterocycles. The number of esters is 1. The molecule has 7 nitrogen and oxygen atoms in total. The first-order chi connectivity index (χ1) is 16.4. The highest BCUT2D eigenvalue weighted by Gasteiger charge is 2.50. The maximum Gasteiger partial charge on any atom is 0.412 e. The number of carbonyl (C=O) groups excluding carboxylic acids is 2. The molecule has 34 heavy (non-hydrogen) atoms. The van der Waals surface area contributed by atoms with Gasteiger partial charge in [-0.05, 0) is 62.3 Å². The third-order valence-electron chi connectivity index (χ3n) is 5.93. The number of anilines is 1. The Labute approximate surface area is 198 Å². The number of ether oxygens (including phenoxy) is 2. The average molecular weight is 459 g/mol. The normalized spacial score (nSPS) is 14.3. The quantitative estimate of drug-likeness (QED) is 0.404. The van der Waals surface area contributed by atoms with E-state index in [2.05, 4.69) is 22.3 Å². The van der Waals surface area contributed by atoms with Crippen molar-refractivity contribution < 1.29 is 23.6 Å². The number of amides is 1. The fourth-order valence-corrected chi connectivity index (χ4v) is 3.73. The van der Waals surface area contributed by atoms with Crippen LogP contribution >= 0.6 is 0 Å². The van der Waals surface area contributed by atoms with Crippen LogP contribution in [0.25, 0.3) is 0 Å². The highest BCUT2D eigenvalue weighted by Crippen LogP contribution is 2.49. The summed E-state index contributed by atoms with van der Waals surface area (Å²) >= 11 is 0. The molecule has 1 amide bonds. The second-order valence-corrected chi connectivity index (χ2v) is 8.45. The van der Waals surface area contributed by atoms with E-state index < -0.39 is 12.2 Å². The molecule has 1 fully saturated rings. The van der Waals surface area contributed by atoms with Crippen LogP contribution in [0.2, 0.25) is 0 Å². The van der Waals surface area contributed by atoms with Gasteiger partial charge in [-0.15, -0.1) is 0 Å². The Hall–Kier alpha value is -4.05. The van der Waals surface area contributed by atoms with Gasteiger partial charge in [-0.1, -0.05) is 53.5 Å². The molecule has 1 N–H and O–H groups in total. The second kappa shape index (κ2) is 9.84. The van der Waals surface area contributed by atoms with Crippen molar-refractivity contribution >= 4 is 17.7 Å². The van der Waals surface area contributed by atoms with Crippen LogP contribution in [-0.4, -0.2) is 24.3 Å². The average Bonchev–Trinajstić information content (AvgIpc) is 3.56. The van der Waals surface area contributed by atoms with E-state index in [0.717, 1.165) is 29.5 Å². The van der Waals surface area contributed by atoms with E-state index in [-0.39, 0.29) is 17.1 Å². The number of carbonyl (C=O) groups is 2. The summed E-state index contributed by atoms with van der Waals surface area (Å²) in [7, 11) is 1.43. The highest BCUT2D eigenvalue weighted by molar-refractivity contribution is 5.87. The molecule has 0 bridgehead atoms. The first-order valence-electron chi connectivity index (χ1n) is 11.1. The first-order valence-corrected chi connectivity index (χ1v) is 11.1. The van der Waals surface area contributed by atoms with Crippen LogP contribution in [0.1, 0.15) is 54.0 Å². The molecule has 3 aromatic rings. The van der Waals surface area contributed by atoms with Crippen molar-refractivity contribution in [3.8, 4) is 11.8 Å². The zero-order valence-electron chi connectivity index (χ0n) is 19.4. The zero-order valence-corrected chi connectivity index (χ0v) is 19.4. The van der Waals surface area contributed by atoms with Gasteiger partial charge in [0.2, 0.25) is 5.76 Å². The largest absolute Gasteiger partial charge is 0.469 e. The van der Waals surface area contributed by atoms with Gasteiger partial charge in [0.05, 0.1) is 12.5 Å². The van der Waals surface area contributed by atoms with Gasteiger partial charge in [-0.2, -0.15) is 0 Å². The number of nitrogens with one attached hydrogen (secondary N) is 1. The minimum atomic E-state index is -0.616. The van der Waals surface area contributed by atoms with E-state index >= 15 is 0 Å². The van der Waals surface area contributed by atoms with Gasteiger partial charge in [0, 0.05) is 5.56 Å². The van der Waals surface area contributed by atoms with Crippen LogP contribution in [0.4, 0.5) is 10.5 Å². The maximum absolute atomic E-state index is 12.4. The maximum atomic E-state index is 12.4. The van der Waals surface area contributed by atoms with E-state index in [1.807, 2.05) is 54.6 Å². The van der Waals surface area contributed by atoms with Crippen LogP contribution in [0.3, 0.4) is 0 Å². The summed E-state index contributed by atoms with van der Waals surface area (Å²) in [5.74, 6) is 6.05. The van der Waals surface area contributed by atoms with Gasteiger partial charge in [0.15, 0.2) is 0 Å². The number of aryl methyl sites for hydroxylation is 1. The van der Waals surface area contributed by atoms with Crippen molar-refractivity contribution in [1.82, 2.24) is 5.16 Å². The van der Waals surface area contributed by atoms with Gasteiger partial charge in [0.1, 0.15) is 17.5 Å². The molecule has 0 radical (unpaired) electrons. The molecule has 174 valence electrons. The fourth-order valence-electron chi connectivity index (χ4n) is 3.73. The van der Waals surface area contributed by atoms with Crippen LogP contribution in [-0.2, 0) is 20.7 Å². The summed E-state index contributed by atoms with van der Waals surface area (Å²) in [6.45, 7) is 3.52. The molecule has 0 saturated heterocycles. The molecule has 1 saturated carbocycles. The summed E-state index contributed by atoms with van der Waals surface area (Å²) < 4.78 is 15.7. The van der Waals surface area contributed by atoms with E-state index in [9.17, 15) is 9.59 Å². The molecule has 1 atom stereocenters. The number of hydrogen-bond acceptors (Lipinski definition) is 6. The predicted molar refractivity (Wildman–Crippen MR) is 126 cm³/mol. The van der Waals surface area contributed by atoms with E-state index in [0.29, 0.717) is 17.8 Å². The van der Waals surface area contributed by atoms with Crippen molar-refractivity contribution in [2.24, 2.45) is 5.41 Å². The molecule has 1 heterocycles. The fraction of sp³-hybridized carbons (Fsp3) is 0.296. The van der Waals surface area contributed by atoms with E-state index in [1.54, 1.807) is 13.8 Å². The predicted octanol–water partition coefficient (Wildman–Crippen LogP) is 5.19. The molecule has 1 unspecified atom stereocenters. The Balaban J connectivity index is 1.41. The Morgan fingerprint density at radius 2 is 1.82 bits per heavy atom. The van der Waals surface area contributed by atoms with Crippen molar-refractivity contribution in [1.29, 1.82) is 0 Å². The lowest BCUT2D eigenvalue weighted by Crippen LogP contribution is -2.19. The number of methoxy groups -OCH3 is 1. The SMILES string of the molecule is COC(=O)C1(Cc2ccc(C#Cc3onc(C)c3NC(=O)OC(C)c3ccccc3)cc2)CC1. The summed E-state index contributed by atoms with van der Waals surface area (Å²) in [4.78, 5) is 24.4. The Morgan fingerprint density at radius 3 is 2.47 bits per heavy atom. The van der Waals surface area contributed by atoms with E-state index in [1.165, 1.54) is 7.11 Å². The number of benzene rings is 2. The molecule has 0 spiro atoms. The monoisotopic (exact) mass is 458 g/mol. The minimum absolute atomic E-state index is 0.145. The third kappa shape index (κ3) is 5.29. The topological polar surface area (TPSA) is 90.7 Å². The molecule has 7 heteroatoms. The van der Waals surface area contributed by atoms with Crippen molar-refractivity contribution in [3.05, 3.63) is 82.7 Å². The number of rotatable bonds is 6. The lowest BCUT2D eigenvalue weighted by atomic mass is 9.96. The highest BCUT2D eigenvalue weighted by atomic mass is 16.6. The van der Waals surface area contributed by atoms with Crippen LogP contribution in [0.5, 0.6) is 0 Å². The molecule has 4 rings (SSSR count). The molecule has 1 aliphatic rings. The lowest BCUT2D eigenvalue weighted by Gasteiger charge is -2.13. The third-order valence-corrected chi connectivity index (χ3v) is 5.93. The van der Waals surface area contributed by atoms with Crippen molar-refractivity contribution in [2.75, 3.05) is 12.4 Å². The van der Waals surface area contributed by atoms with Gasteiger partial charge >= 0.3 is 12.1 Å². The number of aromatic nitrogens is 1.